The Labute approximate surface area is 122 Å². The van der Waals surface area contributed by atoms with Gasteiger partial charge in [0.2, 0.25) is 0 Å². The number of aromatic nitrogens is 2. The smallest absolute Gasteiger partial charge is 0.330 e. The van der Waals surface area contributed by atoms with Crippen LogP contribution in [0.25, 0.3) is 0 Å². The summed E-state index contributed by atoms with van der Waals surface area (Å²) in [5.41, 5.74) is -0.0979. The van der Waals surface area contributed by atoms with E-state index < -0.39 is 6.04 Å². The van der Waals surface area contributed by atoms with Crippen LogP contribution in [0.2, 0.25) is 0 Å². The van der Waals surface area contributed by atoms with Crippen molar-refractivity contribution >= 4 is 5.97 Å². The number of carbonyl (C=O) groups is 1. The van der Waals surface area contributed by atoms with E-state index in [0.29, 0.717) is 18.3 Å². The van der Waals surface area contributed by atoms with Crippen LogP contribution < -0.4 is 11.2 Å². The summed E-state index contributed by atoms with van der Waals surface area (Å²) in [6.45, 7) is 2.16. The molecule has 1 saturated carbocycles. The molecular weight excluding hydrogens is 274 g/mol. The van der Waals surface area contributed by atoms with E-state index in [9.17, 15) is 14.4 Å². The number of carbonyl (C=O) groups excluding carboxylic acids is 1. The Morgan fingerprint density at radius 1 is 1.38 bits per heavy atom. The van der Waals surface area contributed by atoms with Crippen LogP contribution in [-0.4, -0.2) is 39.2 Å². The Bertz CT molecular complexity index is 657. The molecule has 1 atom stereocenters. The number of hydrogen-bond acceptors (Lipinski definition) is 5. The zero-order chi connectivity index (χ0) is 15.7. The summed E-state index contributed by atoms with van der Waals surface area (Å²) < 4.78 is 7.30. The highest BCUT2D eigenvalue weighted by atomic mass is 16.5. The highest BCUT2D eigenvalue weighted by molar-refractivity contribution is 5.75. The second-order valence-corrected chi connectivity index (χ2v) is 5.48. The Morgan fingerprint density at radius 3 is 2.52 bits per heavy atom. The van der Waals surface area contributed by atoms with Gasteiger partial charge in [0.05, 0.1) is 7.11 Å². The minimum absolute atomic E-state index is 0.304. The van der Waals surface area contributed by atoms with Gasteiger partial charge < -0.3 is 4.74 Å². The Kier molecular flexibility index (Phi) is 4.32. The minimum Gasteiger partial charge on any atom is -0.468 e. The molecule has 1 unspecified atom stereocenters. The first-order valence-electron chi connectivity index (χ1n) is 6.96. The molecule has 2 rings (SSSR count). The van der Waals surface area contributed by atoms with Crippen molar-refractivity contribution in [3.8, 4) is 0 Å². The van der Waals surface area contributed by atoms with E-state index in [2.05, 4.69) is 0 Å². The molecule has 1 aromatic heterocycles. The highest BCUT2D eigenvalue weighted by Crippen LogP contribution is 2.30. The Morgan fingerprint density at radius 2 is 2.00 bits per heavy atom. The molecule has 7 heteroatoms. The quantitative estimate of drug-likeness (QED) is 0.692. The maximum absolute atomic E-state index is 12.0. The van der Waals surface area contributed by atoms with Crippen LogP contribution in [0.5, 0.6) is 0 Å². The first kappa shape index (κ1) is 15.5. The van der Waals surface area contributed by atoms with E-state index in [1.807, 2.05) is 4.90 Å². The zero-order valence-corrected chi connectivity index (χ0v) is 12.8. The summed E-state index contributed by atoms with van der Waals surface area (Å²) in [5, 5.41) is 0. The Balaban J connectivity index is 2.32. The molecule has 0 bridgehead atoms. The summed E-state index contributed by atoms with van der Waals surface area (Å²) in [5.74, 6) is -0.310. The maximum Gasteiger partial charge on any atom is 0.330 e. The van der Waals surface area contributed by atoms with E-state index in [-0.39, 0.29) is 17.2 Å². The number of methoxy groups -OCH3 is 1. The van der Waals surface area contributed by atoms with Gasteiger partial charge in [-0.3, -0.25) is 23.6 Å². The Hall–Kier alpha value is -1.89. The molecule has 0 saturated heterocycles. The summed E-state index contributed by atoms with van der Waals surface area (Å²) in [6.07, 6.45) is 2.03. The van der Waals surface area contributed by atoms with Gasteiger partial charge in [-0.05, 0) is 19.8 Å². The van der Waals surface area contributed by atoms with Crippen LogP contribution in [-0.2, 0) is 30.2 Å². The van der Waals surface area contributed by atoms with Crippen LogP contribution in [0.3, 0.4) is 0 Å². The van der Waals surface area contributed by atoms with Gasteiger partial charge in [0.25, 0.3) is 5.56 Å². The number of hydrogen-bond donors (Lipinski definition) is 0. The van der Waals surface area contributed by atoms with Crippen LogP contribution >= 0.6 is 0 Å². The predicted molar refractivity (Wildman–Crippen MR) is 77.0 cm³/mol. The lowest BCUT2D eigenvalue weighted by atomic mass is 10.2. The molecule has 1 heterocycles. The average Bonchev–Trinajstić information content (AvgIpc) is 3.30. The first-order chi connectivity index (χ1) is 9.86. The monoisotopic (exact) mass is 295 g/mol. The van der Waals surface area contributed by atoms with Crippen LogP contribution in [0.15, 0.2) is 15.7 Å². The molecule has 0 aliphatic heterocycles. The molecule has 116 valence electrons. The van der Waals surface area contributed by atoms with E-state index >= 15 is 0 Å². The van der Waals surface area contributed by atoms with E-state index in [4.69, 9.17) is 4.74 Å². The standard InChI is InChI=1S/C14H21N3O4/c1-9(13(19)21-4)17(10-5-6-10)8-11-7-12(18)16(3)14(20)15(11)2/h7,9-10H,5-6,8H2,1-4H3. The van der Waals surface area contributed by atoms with Crippen molar-refractivity contribution in [1.82, 2.24) is 14.0 Å². The lowest BCUT2D eigenvalue weighted by molar-refractivity contribution is -0.146. The highest BCUT2D eigenvalue weighted by Gasteiger charge is 2.35. The van der Waals surface area contributed by atoms with E-state index in [1.165, 1.54) is 24.8 Å². The maximum atomic E-state index is 12.0. The SMILES string of the molecule is COC(=O)C(C)N(Cc1cc(=O)n(C)c(=O)n1C)C1CC1. The van der Waals surface area contributed by atoms with Gasteiger partial charge in [-0.15, -0.1) is 0 Å². The summed E-state index contributed by atoms with van der Waals surface area (Å²) in [6, 6.07) is 1.35. The minimum atomic E-state index is -0.401. The van der Waals surface area contributed by atoms with Crippen LogP contribution in [0.4, 0.5) is 0 Å². The third-order valence-electron chi connectivity index (χ3n) is 4.03. The number of ether oxygens (including phenoxy) is 1. The third-order valence-corrected chi connectivity index (χ3v) is 4.03. The molecule has 0 amide bonds. The normalized spacial score (nSPS) is 16.0. The van der Waals surface area contributed by atoms with Crippen molar-refractivity contribution in [2.45, 2.75) is 38.4 Å². The van der Waals surface area contributed by atoms with Crippen molar-refractivity contribution < 1.29 is 9.53 Å². The fourth-order valence-corrected chi connectivity index (χ4v) is 2.41. The van der Waals surface area contributed by atoms with Gasteiger partial charge in [-0.1, -0.05) is 0 Å². The molecule has 0 spiro atoms. The topological polar surface area (TPSA) is 73.5 Å². The summed E-state index contributed by atoms with van der Waals surface area (Å²) in [4.78, 5) is 37.5. The van der Waals surface area contributed by atoms with Gasteiger partial charge in [-0.2, -0.15) is 0 Å². The van der Waals surface area contributed by atoms with Gasteiger partial charge in [0.15, 0.2) is 0 Å². The van der Waals surface area contributed by atoms with Crippen molar-refractivity contribution in [3.63, 3.8) is 0 Å². The molecular formula is C14H21N3O4. The summed E-state index contributed by atoms with van der Waals surface area (Å²) >= 11 is 0. The summed E-state index contributed by atoms with van der Waals surface area (Å²) in [7, 11) is 4.44. The molecule has 1 aromatic rings. The third kappa shape index (κ3) is 3.07. The van der Waals surface area contributed by atoms with Crippen molar-refractivity contribution in [2.75, 3.05) is 7.11 Å². The van der Waals surface area contributed by atoms with Crippen molar-refractivity contribution in [3.05, 3.63) is 32.6 Å². The average molecular weight is 295 g/mol. The lowest BCUT2D eigenvalue weighted by Gasteiger charge is -2.27. The largest absolute Gasteiger partial charge is 0.468 e. The van der Waals surface area contributed by atoms with Crippen LogP contribution in [0.1, 0.15) is 25.5 Å². The molecule has 21 heavy (non-hydrogen) atoms. The molecule has 0 N–H and O–H groups in total. The van der Waals surface area contributed by atoms with Crippen LogP contribution in [0, 0.1) is 0 Å². The first-order valence-corrected chi connectivity index (χ1v) is 6.96. The molecule has 1 aliphatic carbocycles. The molecule has 7 nitrogen and oxygen atoms in total. The fourth-order valence-electron chi connectivity index (χ4n) is 2.41. The number of nitrogens with zero attached hydrogens (tertiary/aromatic N) is 3. The van der Waals surface area contributed by atoms with Crippen molar-refractivity contribution in [1.29, 1.82) is 0 Å². The van der Waals surface area contributed by atoms with Gasteiger partial charge in [-0.25, -0.2) is 4.79 Å². The van der Waals surface area contributed by atoms with Gasteiger partial charge in [0.1, 0.15) is 6.04 Å². The molecule has 1 fully saturated rings. The number of esters is 1. The molecule has 0 aromatic carbocycles. The number of rotatable bonds is 5. The van der Waals surface area contributed by atoms with Gasteiger partial charge >= 0.3 is 11.7 Å². The predicted octanol–water partition coefficient (Wildman–Crippen LogP) is -0.390. The second kappa shape index (κ2) is 5.85. The van der Waals surface area contributed by atoms with Crippen molar-refractivity contribution in [2.24, 2.45) is 14.1 Å². The van der Waals surface area contributed by atoms with Gasteiger partial charge in [0, 0.05) is 38.4 Å². The van der Waals surface area contributed by atoms with E-state index in [1.54, 1.807) is 14.0 Å². The molecule has 1 aliphatic rings. The zero-order valence-electron chi connectivity index (χ0n) is 12.8. The molecule has 0 radical (unpaired) electrons. The second-order valence-electron chi connectivity index (χ2n) is 5.48. The lowest BCUT2D eigenvalue weighted by Crippen LogP contribution is -2.44. The van der Waals surface area contributed by atoms with E-state index in [0.717, 1.165) is 17.4 Å². The fraction of sp³-hybridized carbons (Fsp3) is 0.643.